The van der Waals surface area contributed by atoms with Crippen LogP contribution in [0.1, 0.15) is 102 Å². The van der Waals surface area contributed by atoms with Gasteiger partial charge < -0.3 is 39.2 Å². The van der Waals surface area contributed by atoms with Crippen molar-refractivity contribution in [1.82, 2.24) is 5.32 Å². The molecule has 1 amide bonds. The largest absolute Gasteiger partial charge is 0.507 e. The van der Waals surface area contributed by atoms with E-state index in [2.05, 4.69) is 11.4 Å². The Hall–Kier alpha value is -5.03. The standard InChI is InChI=1S/C40H47NO10/c1-24-11-10-15-28(42)14-7-5-6-13-26-19-31(43)37(38(45)36(26)40(46)51-24)30(27-20-32(47-2)39(49-4)33(21-27)48-3)22-35(44)41-23-34-29-16-9-8-12-25(29)17-18-50-34/h6,8-9,12-13,16,19-21,24,30,34,43,45H,5,7,10-11,14-15,17-18,22-23H2,1-4H3,(H,41,44)/t24-,30?,34?/m0/s1. The van der Waals surface area contributed by atoms with Crippen molar-refractivity contribution < 1.29 is 48.3 Å². The van der Waals surface area contributed by atoms with Gasteiger partial charge in [0.25, 0.3) is 0 Å². The fourth-order valence-electron chi connectivity index (χ4n) is 6.82. The first-order valence-corrected chi connectivity index (χ1v) is 17.4. The Morgan fingerprint density at radius 1 is 0.980 bits per heavy atom. The van der Waals surface area contributed by atoms with Gasteiger partial charge in [-0.1, -0.05) is 36.4 Å². The average Bonchev–Trinajstić information content (AvgIpc) is 3.12. The molecule has 11 nitrogen and oxygen atoms in total. The minimum absolute atomic E-state index is 0.0397. The van der Waals surface area contributed by atoms with Crippen LogP contribution in [0.5, 0.6) is 28.7 Å². The first kappa shape index (κ1) is 37.2. The number of hydrogen-bond acceptors (Lipinski definition) is 10. The summed E-state index contributed by atoms with van der Waals surface area (Å²) in [6, 6.07) is 12.6. The number of allylic oxidation sites excluding steroid dienone is 1. The van der Waals surface area contributed by atoms with Crippen molar-refractivity contribution in [2.75, 3.05) is 34.5 Å². The summed E-state index contributed by atoms with van der Waals surface area (Å²) in [6.07, 6.45) is 6.18. The van der Waals surface area contributed by atoms with Crippen LogP contribution in [-0.4, -0.2) is 68.5 Å². The molecule has 0 aliphatic carbocycles. The quantitative estimate of drug-likeness (QED) is 0.210. The number of benzene rings is 3. The van der Waals surface area contributed by atoms with Crippen LogP contribution in [-0.2, 0) is 25.5 Å². The number of carbonyl (C=O) groups is 3. The second kappa shape index (κ2) is 17.3. The number of carbonyl (C=O) groups excluding carboxylic acids is 3. The molecule has 272 valence electrons. The van der Waals surface area contributed by atoms with Gasteiger partial charge in [-0.25, -0.2) is 4.79 Å². The van der Waals surface area contributed by atoms with E-state index in [1.54, 1.807) is 31.2 Å². The molecule has 0 radical (unpaired) electrons. The van der Waals surface area contributed by atoms with E-state index in [1.165, 1.54) is 33.0 Å². The Morgan fingerprint density at radius 3 is 2.43 bits per heavy atom. The lowest BCUT2D eigenvalue weighted by Crippen LogP contribution is -2.32. The molecule has 3 atom stereocenters. The van der Waals surface area contributed by atoms with E-state index >= 15 is 0 Å². The van der Waals surface area contributed by atoms with Crippen LogP contribution >= 0.6 is 0 Å². The second-order valence-electron chi connectivity index (χ2n) is 12.9. The van der Waals surface area contributed by atoms with Crippen molar-refractivity contribution in [3.8, 4) is 28.7 Å². The number of amides is 1. The molecule has 0 fully saturated rings. The van der Waals surface area contributed by atoms with Crippen LogP contribution in [0.15, 0.2) is 48.5 Å². The molecule has 3 aromatic carbocycles. The minimum atomic E-state index is -0.989. The highest BCUT2D eigenvalue weighted by atomic mass is 16.5. The Balaban J connectivity index is 1.57. The molecule has 0 spiro atoms. The maximum absolute atomic E-state index is 13.8. The smallest absolute Gasteiger partial charge is 0.342 e. The Morgan fingerprint density at radius 2 is 1.71 bits per heavy atom. The molecule has 11 heteroatoms. The summed E-state index contributed by atoms with van der Waals surface area (Å²) in [4.78, 5) is 39.8. The average molecular weight is 702 g/mol. The third-order valence-corrected chi connectivity index (χ3v) is 9.46. The first-order valence-electron chi connectivity index (χ1n) is 17.4. The van der Waals surface area contributed by atoms with Gasteiger partial charge in [0, 0.05) is 37.3 Å². The molecular weight excluding hydrogens is 654 g/mol. The van der Waals surface area contributed by atoms with Gasteiger partial charge in [-0.15, -0.1) is 0 Å². The van der Waals surface area contributed by atoms with Crippen molar-refractivity contribution in [3.63, 3.8) is 0 Å². The molecule has 2 unspecified atom stereocenters. The summed E-state index contributed by atoms with van der Waals surface area (Å²) in [6.45, 7) is 2.48. The Kier molecular flexibility index (Phi) is 12.6. The number of rotatable bonds is 9. The summed E-state index contributed by atoms with van der Waals surface area (Å²) in [5, 5.41) is 26.6. The summed E-state index contributed by atoms with van der Waals surface area (Å²) < 4.78 is 28.5. The maximum atomic E-state index is 13.8. The topological polar surface area (TPSA) is 150 Å². The minimum Gasteiger partial charge on any atom is -0.507 e. The van der Waals surface area contributed by atoms with E-state index < -0.39 is 23.7 Å². The van der Waals surface area contributed by atoms with Gasteiger partial charge >= 0.3 is 5.97 Å². The monoisotopic (exact) mass is 701 g/mol. The zero-order chi connectivity index (χ0) is 36.5. The molecule has 5 rings (SSSR count). The molecule has 3 N–H and O–H groups in total. The molecular formula is C40H47NO10. The zero-order valence-corrected chi connectivity index (χ0v) is 29.7. The second-order valence-corrected chi connectivity index (χ2v) is 12.9. The summed E-state index contributed by atoms with van der Waals surface area (Å²) in [5.74, 6) is -1.91. The van der Waals surface area contributed by atoms with E-state index in [0.717, 1.165) is 12.0 Å². The van der Waals surface area contributed by atoms with Gasteiger partial charge in [0.15, 0.2) is 11.5 Å². The van der Waals surface area contributed by atoms with Gasteiger partial charge in [0.1, 0.15) is 28.9 Å². The number of nitrogens with one attached hydrogen (secondary N) is 1. The van der Waals surface area contributed by atoms with E-state index in [1.807, 2.05) is 18.2 Å². The van der Waals surface area contributed by atoms with E-state index in [4.69, 9.17) is 23.7 Å². The number of fused-ring (bicyclic) bond motifs is 2. The summed E-state index contributed by atoms with van der Waals surface area (Å²) in [7, 11) is 4.40. The molecule has 2 aliphatic heterocycles. The lowest BCUT2D eigenvalue weighted by molar-refractivity contribution is -0.122. The van der Waals surface area contributed by atoms with Crippen molar-refractivity contribution >= 4 is 23.7 Å². The zero-order valence-electron chi connectivity index (χ0n) is 29.7. The molecule has 0 saturated carbocycles. The third-order valence-electron chi connectivity index (χ3n) is 9.46. The number of ether oxygens (including phenoxy) is 5. The highest BCUT2D eigenvalue weighted by molar-refractivity contribution is 5.98. The number of hydrogen-bond donors (Lipinski definition) is 3. The molecule has 0 aromatic heterocycles. The number of aromatic hydroxyl groups is 2. The van der Waals surface area contributed by atoms with Crippen LogP contribution < -0.4 is 19.5 Å². The molecule has 2 heterocycles. The predicted molar refractivity (Wildman–Crippen MR) is 191 cm³/mol. The van der Waals surface area contributed by atoms with Gasteiger partial charge in [-0.05, 0) is 79.5 Å². The normalized spacial score (nSPS) is 18.7. The van der Waals surface area contributed by atoms with Crippen molar-refractivity contribution in [2.24, 2.45) is 0 Å². The lowest BCUT2D eigenvalue weighted by Gasteiger charge is -2.27. The number of Topliss-reactive ketones (excluding diaryl/α,β-unsaturated/α-hetero) is 1. The maximum Gasteiger partial charge on any atom is 0.342 e. The van der Waals surface area contributed by atoms with Crippen LogP contribution in [0.2, 0.25) is 0 Å². The molecule has 0 bridgehead atoms. The number of esters is 1. The fraction of sp³-hybridized carbons (Fsp3) is 0.425. The highest BCUT2D eigenvalue weighted by Gasteiger charge is 2.32. The SMILES string of the molecule is COc1cc(C(CC(=O)NCC2OCCc3ccccc32)c2c(O)cc3c(c2O)C(=O)O[C@@H](C)CCCC(=O)CCCC=C3)cc(OC)c1OC. The predicted octanol–water partition coefficient (Wildman–Crippen LogP) is 6.56. The van der Waals surface area contributed by atoms with Crippen LogP contribution in [0.4, 0.5) is 0 Å². The van der Waals surface area contributed by atoms with Gasteiger partial charge in [-0.2, -0.15) is 0 Å². The van der Waals surface area contributed by atoms with Gasteiger partial charge in [0.2, 0.25) is 11.7 Å². The number of phenols is 2. The van der Waals surface area contributed by atoms with Crippen LogP contribution in [0, 0.1) is 0 Å². The lowest BCUT2D eigenvalue weighted by atomic mass is 9.84. The Bertz CT molecular complexity index is 1740. The molecule has 2 aliphatic rings. The summed E-state index contributed by atoms with van der Waals surface area (Å²) >= 11 is 0. The molecule has 51 heavy (non-hydrogen) atoms. The first-order chi connectivity index (χ1) is 24.6. The number of methoxy groups -OCH3 is 3. The van der Waals surface area contributed by atoms with Crippen molar-refractivity contribution in [1.29, 1.82) is 0 Å². The van der Waals surface area contributed by atoms with Gasteiger partial charge in [-0.3, -0.25) is 9.59 Å². The van der Waals surface area contributed by atoms with Gasteiger partial charge in [0.05, 0.1) is 34.0 Å². The van der Waals surface area contributed by atoms with E-state index in [0.29, 0.717) is 67.9 Å². The number of ketones is 1. The fourth-order valence-corrected chi connectivity index (χ4v) is 6.82. The van der Waals surface area contributed by atoms with Crippen LogP contribution in [0.25, 0.3) is 6.08 Å². The highest BCUT2D eigenvalue weighted by Crippen LogP contribution is 2.48. The van der Waals surface area contributed by atoms with Crippen molar-refractivity contribution in [2.45, 2.75) is 76.4 Å². The molecule has 0 saturated heterocycles. The Labute approximate surface area is 298 Å². The third kappa shape index (κ3) is 8.83. The summed E-state index contributed by atoms with van der Waals surface area (Å²) in [5.41, 5.74) is 2.70. The molecule has 3 aromatic rings. The van der Waals surface area contributed by atoms with Crippen LogP contribution in [0.3, 0.4) is 0 Å². The van der Waals surface area contributed by atoms with Crippen molar-refractivity contribution in [3.05, 3.63) is 81.9 Å². The van der Waals surface area contributed by atoms with E-state index in [9.17, 15) is 24.6 Å². The number of phenolic OH excluding ortho intramolecular Hbond substituents is 2. The van der Waals surface area contributed by atoms with E-state index in [-0.39, 0.29) is 53.2 Å². The number of cyclic esters (lactones) is 1.